The molecular weight excluding hydrogens is 172 g/mol. The largest absolute Gasteiger partial charge is 0.372 e. The molecule has 1 aromatic heterocycles. The van der Waals surface area contributed by atoms with Gasteiger partial charge in [0.15, 0.2) is 0 Å². The van der Waals surface area contributed by atoms with Gasteiger partial charge in [-0.25, -0.2) is 0 Å². The molecule has 1 aliphatic rings. The van der Waals surface area contributed by atoms with Gasteiger partial charge in [0.2, 0.25) is 0 Å². The molecule has 0 unspecified atom stereocenters. The van der Waals surface area contributed by atoms with Crippen LogP contribution in [0.1, 0.15) is 32.1 Å². The Labute approximate surface area is 86.0 Å². The average molecular weight is 190 g/mol. The molecule has 0 N–H and O–H groups in total. The van der Waals surface area contributed by atoms with Crippen molar-refractivity contribution >= 4 is 5.69 Å². The standard InChI is InChI=1S/C12H18N2/c1-14(11-5-3-2-4-6-11)12-7-9-13-10-8-12/h7-11H,2-6H2,1H3. The smallest absolute Gasteiger partial charge is 0.0396 e. The highest BCUT2D eigenvalue weighted by atomic mass is 15.1. The number of aromatic nitrogens is 1. The normalized spacial score (nSPS) is 18.1. The molecule has 0 radical (unpaired) electrons. The van der Waals surface area contributed by atoms with Gasteiger partial charge in [0.25, 0.3) is 0 Å². The molecule has 0 aliphatic heterocycles. The van der Waals surface area contributed by atoms with Crippen LogP contribution in [0.2, 0.25) is 0 Å². The van der Waals surface area contributed by atoms with Gasteiger partial charge in [-0.2, -0.15) is 0 Å². The van der Waals surface area contributed by atoms with Crippen LogP contribution in [0.4, 0.5) is 5.69 Å². The van der Waals surface area contributed by atoms with Gasteiger partial charge in [-0.15, -0.1) is 0 Å². The van der Waals surface area contributed by atoms with Crippen LogP contribution < -0.4 is 4.90 Å². The van der Waals surface area contributed by atoms with E-state index < -0.39 is 0 Å². The van der Waals surface area contributed by atoms with E-state index in [1.54, 1.807) is 0 Å². The van der Waals surface area contributed by atoms with E-state index in [0.717, 1.165) is 6.04 Å². The van der Waals surface area contributed by atoms with Gasteiger partial charge in [-0.1, -0.05) is 19.3 Å². The zero-order valence-electron chi connectivity index (χ0n) is 8.82. The Kier molecular flexibility index (Phi) is 3.02. The minimum atomic E-state index is 0.742. The molecular formula is C12H18N2. The fraction of sp³-hybridized carbons (Fsp3) is 0.583. The summed E-state index contributed by atoms with van der Waals surface area (Å²) in [4.78, 5) is 6.45. The summed E-state index contributed by atoms with van der Waals surface area (Å²) in [5, 5.41) is 0. The monoisotopic (exact) mass is 190 g/mol. The first-order chi connectivity index (χ1) is 6.88. The molecule has 0 spiro atoms. The maximum absolute atomic E-state index is 4.05. The van der Waals surface area contributed by atoms with Gasteiger partial charge in [0, 0.05) is 31.2 Å². The number of rotatable bonds is 2. The minimum absolute atomic E-state index is 0.742. The molecule has 0 bridgehead atoms. The second kappa shape index (κ2) is 4.45. The van der Waals surface area contributed by atoms with Crippen molar-refractivity contribution in [2.45, 2.75) is 38.1 Å². The van der Waals surface area contributed by atoms with Crippen LogP contribution >= 0.6 is 0 Å². The van der Waals surface area contributed by atoms with Crippen molar-refractivity contribution in [3.8, 4) is 0 Å². The Morgan fingerprint density at radius 3 is 2.43 bits per heavy atom. The Morgan fingerprint density at radius 2 is 1.79 bits per heavy atom. The molecule has 0 amide bonds. The van der Waals surface area contributed by atoms with E-state index in [9.17, 15) is 0 Å². The Bertz CT molecular complexity index is 265. The molecule has 0 atom stereocenters. The number of hydrogen-bond acceptors (Lipinski definition) is 2. The maximum Gasteiger partial charge on any atom is 0.0396 e. The molecule has 1 heterocycles. The van der Waals surface area contributed by atoms with Gasteiger partial charge < -0.3 is 4.90 Å². The molecule has 14 heavy (non-hydrogen) atoms. The zero-order chi connectivity index (χ0) is 9.80. The summed E-state index contributed by atoms with van der Waals surface area (Å²) in [6.45, 7) is 0. The fourth-order valence-corrected chi connectivity index (χ4v) is 2.26. The Morgan fingerprint density at radius 1 is 1.14 bits per heavy atom. The highest BCUT2D eigenvalue weighted by molar-refractivity contribution is 5.44. The quantitative estimate of drug-likeness (QED) is 0.713. The van der Waals surface area contributed by atoms with E-state index in [1.165, 1.54) is 37.8 Å². The zero-order valence-corrected chi connectivity index (χ0v) is 8.82. The second-order valence-electron chi connectivity index (χ2n) is 4.11. The molecule has 0 aromatic carbocycles. The predicted octanol–water partition coefficient (Wildman–Crippen LogP) is 2.85. The van der Waals surface area contributed by atoms with Crippen molar-refractivity contribution in [2.75, 3.05) is 11.9 Å². The maximum atomic E-state index is 4.05. The molecule has 1 aromatic rings. The summed E-state index contributed by atoms with van der Waals surface area (Å²) >= 11 is 0. The number of anilines is 1. The summed E-state index contributed by atoms with van der Waals surface area (Å²) in [7, 11) is 2.20. The van der Waals surface area contributed by atoms with Crippen LogP contribution in [-0.2, 0) is 0 Å². The first kappa shape index (κ1) is 9.50. The molecule has 2 heteroatoms. The fourth-order valence-electron chi connectivity index (χ4n) is 2.26. The lowest BCUT2D eigenvalue weighted by atomic mass is 9.94. The van der Waals surface area contributed by atoms with Gasteiger partial charge in [0.05, 0.1) is 0 Å². The summed E-state index contributed by atoms with van der Waals surface area (Å²) in [5.74, 6) is 0. The van der Waals surface area contributed by atoms with Crippen molar-refractivity contribution in [3.63, 3.8) is 0 Å². The van der Waals surface area contributed by atoms with Crippen molar-refractivity contribution in [2.24, 2.45) is 0 Å². The topological polar surface area (TPSA) is 16.1 Å². The third-order valence-corrected chi connectivity index (χ3v) is 3.19. The lowest BCUT2D eigenvalue weighted by Gasteiger charge is -2.32. The third kappa shape index (κ3) is 2.06. The van der Waals surface area contributed by atoms with Crippen LogP contribution in [0.5, 0.6) is 0 Å². The molecule has 1 saturated carbocycles. The van der Waals surface area contributed by atoms with E-state index in [4.69, 9.17) is 0 Å². The Hall–Kier alpha value is -1.05. The van der Waals surface area contributed by atoms with Crippen molar-refractivity contribution in [3.05, 3.63) is 24.5 Å². The third-order valence-electron chi connectivity index (χ3n) is 3.19. The van der Waals surface area contributed by atoms with E-state index >= 15 is 0 Å². The summed E-state index contributed by atoms with van der Waals surface area (Å²) in [6, 6.07) is 4.93. The second-order valence-corrected chi connectivity index (χ2v) is 4.11. The van der Waals surface area contributed by atoms with E-state index in [0.29, 0.717) is 0 Å². The molecule has 76 valence electrons. The minimum Gasteiger partial charge on any atom is -0.372 e. The molecule has 1 fully saturated rings. The highest BCUT2D eigenvalue weighted by Crippen LogP contribution is 2.25. The lowest BCUT2D eigenvalue weighted by molar-refractivity contribution is 0.427. The van der Waals surface area contributed by atoms with Gasteiger partial charge >= 0.3 is 0 Å². The predicted molar refractivity (Wildman–Crippen MR) is 59.5 cm³/mol. The number of pyridine rings is 1. The van der Waals surface area contributed by atoms with Gasteiger partial charge in [-0.05, 0) is 25.0 Å². The van der Waals surface area contributed by atoms with Crippen LogP contribution in [0, 0.1) is 0 Å². The van der Waals surface area contributed by atoms with Gasteiger partial charge in [0.1, 0.15) is 0 Å². The summed E-state index contributed by atoms with van der Waals surface area (Å²) < 4.78 is 0. The van der Waals surface area contributed by atoms with Crippen molar-refractivity contribution < 1.29 is 0 Å². The van der Waals surface area contributed by atoms with Crippen LogP contribution in [-0.4, -0.2) is 18.1 Å². The highest BCUT2D eigenvalue weighted by Gasteiger charge is 2.17. The Balaban J connectivity index is 2.03. The summed E-state index contributed by atoms with van der Waals surface area (Å²) in [6.07, 6.45) is 10.6. The van der Waals surface area contributed by atoms with Crippen molar-refractivity contribution in [1.82, 2.24) is 4.98 Å². The lowest BCUT2D eigenvalue weighted by Crippen LogP contribution is -2.33. The van der Waals surface area contributed by atoms with Crippen LogP contribution in [0.3, 0.4) is 0 Å². The molecule has 0 saturated heterocycles. The van der Waals surface area contributed by atoms with Crippen LogP contribution in [0.15, 0.2) is 24.5 Å². The molecule has 1 aliphatic carbocycles. The van der Waals surface area contributed by atoms with Crippen molar-refractivity contribution in [1.29, 1.82) is 0 Å². The summed E-state index contributed by atoms with van der Waals surface area (Å²) in [5.41, 5.74) is 1.30. The first-order valence-corrected chi connectivity index (χ1v) is 5.51. The number of hydrogen-bond donors (Lipinski definition) is 0. The van der Waals surface area contributed by atoms with Crippen LogP contribution in [0.25, 0.3) is 0 Å². The SMILES string of the molecule is CN(c1ccncc1)C1CCCCC1. The van der Waals surface area contributed by atoms with E-state index in [1.807, 2.05) is 12.4 Å². The van der Waals surface area contributed by atoms with E-state index in [2.05, 4.69) is 29.1 Å². The molecule has 2 nitrogen and oxygen atoms in total. The first-order valence-electron chi connectivity index (χ1n) is 5.51. The number of nitrogens with zero attached hydrogens (tertiary/aromatic N) is 2. The average Bonchev–Trinajstić information content (AvgIpc) is 2.30. The van der Waals surface area contributed by atoms with Gasteiger partial charge in [-0.3, -0.25) is 4.98 Å². The van der Waals surface area contributed by atoms with E-state index in [-0.39, 0.29) is 0 Å². The molecule has 2 rings (SSSR count).